The van der Waals surface area contributed by atoms with Crippen molar-refractivity contribution in [3.05, 3.63) is 48.0 Å². The predicted octanol–water partition coefficient (Wildman–Crippen LogP) is 3.26. The third-order valence-electron chi connectivity index (χ3n) is 6.00. The van der Waals surface area contributed by atoms with E-state index in [1.54, 1.807) is 30.0 Å². The molecular weight excluding hydrogens is 414 g/mol. The SMILES string of the molecule is COc1ccc(N[C@@H](C)C(=O)N2CCc3ccccc32)cc1S(=O)(=O)N1CCCCC1. The molecule has 31 heavy (non-hydrogen) atoms. The monoisotopic (exact) mass is 443 g/mol. The highest BCUT2D eigenvalue weighted by atomic mass is 32.2. The van der Waals surface area contributed by atoms with Gasteiger partial charge in [-0.15, -0.1) is 0 Å². The van der Waals surface area contributed by atoms with Gasteiger partial charge in [0.1, 0.15) is 16.7 Å². The van der Waals surface area contributed by atoms with Crippen molar-refractivity contribution in [2.24, 2.45) is 0 Å². The molecule has 0 radical (unpaired) electrons. The Kier molecular flexibility index (Phi) is 6.20. The molecule has 1 fully saturated rings. The van der Waals surface area contributed by atoms with Gasteiger partial charge in [0.05, 0.1) is 7.11 Å². The summed E-state index contributed by atoms with van der Waals surface area (Å²) in [6.07, 6.45) is 3.62. The van der Waals surface area contributed by atoms with Gasteiger partial charge >= 0.3 is 0 Å². The number of ether oxygens (including phenoxy) is 1. The van der Waals surface area contributed by atoms with Crippen molar-refractivity contribution in [3.63, 3.8) is 0 Å². The molecule has 0 aromatic heterocycles. The highest BCUT2D eigenvalue weighted by Gasteiger charge is 2.31. The summed E-state index contributed by atoms with van der Waals surface area (Å²) in [6, 6.07) is 12.4. The Labute approximate surface area is 184 Å². The minimum atomic E-state index is -3.67. The Morgan fingerprint density at radius 3 is 2.55 bits per heavy atom. The quantitative estimate of drug-likeness (QED) is 0.741. The number of methoxy groups -OCH3 is 1. The molecule has 1 saturated heterocycles. The van der Waals surface area contributed by atoms with Gasteiger partial charge in [-0.2, -0.15) is 4.31 Å². The summed E-state index contributed by atoms with van der Waals surface area (Å²) in [6.45, 7) is 3.49. The predicted molar refractivity (Wildman–Crippen MR) is 121 cm³/mol. The van der Waals surface area contributed by atoms with Crippen LogP contribution in [0.4, 0.5) is 11.4 Å². The van der Waals surface area contributed by atoms with E-state index in [2.05, 4.69) is 5.32 Å². The number of hydrogen-bond acceptors (Lipinski definition) is 5. The fourth-order valence-electron chi connectivity index (χ4n) is 4.33. The van der Waals surface area contributed by atoms with Gasteiger partial charge in [0, 0.05) is 31.0 Å². The highest BCUT2D eigenvalue weighted by Crippen LogP contribution is 2.32. The van der Waals surface area contributed by atoms with Crippen molar-refractivity contribution < 1.29 is 17.9 Å². The molecule has 0 spiro atoms. The second kappa shape index (κ2) is 8.88. The summed E-state index contributed by atoms with van der Waals surface area (Å²) in [7, 11) is -2.20. The van der Waals surface area contributed by atoms with Crippen molar-refractivity contribution in [2.75, 3.05) is 37.0 Å². The van der Waals surface area contributed by atoms with Crippen molar-refractivity contribution in [3.8, 4) is 5.75 Å². The molecule has 0 bridgehead atoms. The zero-order valence-corrected chi connectivity index (χ0v) is 18.8. The van der Waals surface area contributed by atoms with Gasteiger partial charge in [0.2, 0.25) is 15.9 Å². The van der Waals surface area contributed by atoms with Crippen molar-refractivity contribution >= 4 is 27.3 Å². The molecule has 0 saturated carbocycles. The third kappa shape index (κ3) is 4.27. The van der Waals surface area contributed by atoms with Gasteiger partial charge in [0.25, 0.3) is 0 Å². The first-order chi connectivity index (χ1) is 14.9. The summed E-state index contributed by atoms with van der Waals surface area (Å²) in [5.41, 5.74) is 2.69. The smallest absolute Gasteiger partial charge is 0.249 e. The van der Waals surface area contributed by atoms with Gasteiger partial charge in [-0.25, -0.2) is 8.42 Å². The van der Waals surface area contributed by atoms with Crippen LogP contribution in [0.1, 0.15) is 31.7 Å². The van der Waals surface area contributed by atoms with E-state index >= 15 is 0 Å². The molecule has 7 nitrogen and oxygen atoms in total. The van der Waals surface area contributed by atoms with E-state index in [-0.39, 0.29) is 10.8 Å². The lowest BCUT2D eigenvalue weighted by Gasteiger charge is -2.27. The van der Waals surface area contributed by atoms with Crippen LogP contribution >= 0.6 is 0 Å². The molecule has 1 amide bonds. The average molecular weight is 444 g/mol. The van der Waals surface area contributed by atoms with Gasteiger partial charge < -0.3 is 15.0 Å². The standard InChI is InChI=1S/C23H29N3O4S/c1-17(23(27)26-15-12-18-8-4-5-9-20(18)26)24-19-10-11-21(30-2)22(16-19)31(28,29)25-13-6-3-7-14-25/h4-5,8-11,16-17,24H,3,6-7,12-15H2,1-2H3/t17-/m0/s1. The first kappa shape index (κ1) is 21.6. The lowest BCUT2D eigenvalue weighted by molar-refractivity contribution is -0.118. The summed E-state index contributed by atoms with van der Waals surface area (Å²) >= 11 is 0. The first-order valence-electron chi connectivity index (χ1n) is 10.8. The molecule has 0 unspecified atom stereocenters. The molecule has 4 rings (SSSR count). The molecule has 8 heteroatoms. The Balaban J connectivity index is 1.55. The van der Waals surface area contributed by atoms with E-state index in [0.29, 0.717) is 31.1 Å². The molecule has 1 atom stereocenters. The number of fused-ring (bicyclic) bond motifs is 1. The molecule has 166 valence electrons. The van der Waals surface area contributed by atoms with E-state index in [9.17, 15) is 13.2 Å². The lowest BCUT2D eigenvalue weighted by atomic mass is 10.2. The highest BCUT2D eigenvalue weighted by molar-refractivity contribution is 7.89. The second-order valence-electron chi connectivity index (χ2n) is 8.06. The number of anilines is 2. The van der Waals surface area contributed by atoms with E-state index in [1.165, 1.54) is 17.0 Å². The zero-order chi connectivity index (χ0) is 22.0. The summed E-state index contributed by atoms with van der Waals surface area (Å²) in [5.74, 6) is 0.268. The largest absolute Gasteiger partial charge is 0.495 e. The van der Waals surface area contributed by atoms with E-state index < -0.39 is 16.1 Å². The number of carbonyl (C=O) groups is 1. The number of benzene rings is 2. The van der Waals surface area contributed by atoms with E-state index in [0.717, 1.165) is 31.4 Å². The van der Waals surface area contributed by atoms with Crippen LogP contribution in [0.25, 0.3) is 0 Å². The van der Waals surface area contributed by atoms with Gasteiger partial charge in [-0.05, 0) is 56.0 Å². The van der Waals surface area contributed by atoms with Crippen LogP contribution in [-0.4, -0.2) is 51.4 Å². The topological polar surface area (TPSA) is 79.0 Å². The average Bonchev–Trinajstić information content (AvgIpc) is 3.23. The fraction of sp³-hybridized carbons (Fsp3) is 0.435. The minimum absolute atomic E-state index is 0.0406. The Morgan fingerprint density at radius 2 is 1.81 bits per heavy atom. The maximum Gasteiger partial charge on any atom is 0.249 e. The molecule has 2 heterocycles. The Morgan fingerprint density at radius 1 is 1.06 bits per heavy atom. The summed E-state index contributed by atoms with van der Waals surface area (Å²) in [4.78, 5) is 15.0. The van der Waals surface area contributed by atoms with Crippen molar-refractivity contribution in [2.45, 2.75) is 43.5 Å². The first-order valence-corrected chi connectivity index (χ1v) is 12.2. The molecule has 0 aliphatic carbocycles. The molecule has 2 aliphatic heterocycles. The van der Waals surface area contributed by atoms with E-state index in [1.807, 2.05) is 24.3 Å². The number of sulfonamides is 1. The van der Waals surface area contributed by atoms with Crippen molar-refractivity contribution in [1.82, 2.24) is 4.31 Å². The number of amides is 1. The van der Waals surface area contributed by atoms with Crippen LogP contribution in [0.5, 0.6) is 5.75 Å². The number of hydrogen-bond donors (Lipinski definition) is 1. The van der Waals surface area contributed by atoms with Crippen LogP contribution in [0.2, 0.25) is 0 Å². The number of nitrogens with zero attached hydrogens (tertiary/aromatic N) is 2. The molecule has 2 aromatic rings. The van der Waals surface area contributed by atoms with Gasteiger partial charge in [-0.3, -0.25) is 4.79 Å². The van der Waals surface area contributed by atoms with Crippen molar-refractivity contribution in [1.29, 1.82) is 0 Å². The maximum absolute atomic E-state index is 13.2. The second-order valence-corrected chi connectivity index (χ2v) is 9.97. The van der Waals surface area contributed by atoms with Crippen LogP contribution in [-0.2, 0) is 21.2 Å². The number of nitrogens with one attached hydrogen (secondary N) is 1. The van der Waals surface area contributed by atoms with Gasteiger partial charge in [-0.1, -0.05) is 24.6 Å². The van der Waals surface area contributed by atoms with Crippen LogP contribution in [0.3, 0.4) is 0 Å². The summed E-state index contributed by atoms with van der Waals surface area (Å²) < 4.78 is 33.3. The normalized spacial score (nSPS) is 17.8. The number of carbonyl (C=O) groups excluding carboxylic acids is 1. The fourth-order valence-corrected chi connectivity index (χ4v) is 6.02. The summed E-state index contributed by atoms with van der Waals surface area (Å²) in [5, 5.41) is 3.19. The van der Waals surface area contributed by atoms with E-state index in [4.69, 9.17) is 4.74 Å². The molecule has 1 N–H and O–H groups in total. The molecular formula is C23H29N3O4S. The number of rotatable bonds is 6. The number of piperidine rings is 1. The maximum atomic E-state index is 13.2. The lowest BCUT2D eigenvalue weighted by Crippen LogP contribution is -2.40. The third-order valence-corrected chi connectivity index (χ3v) is 7.92. The minimum Gasteiger partial charge on any atom is -0.495 e. The molecule has 2 aliphatic rings. The van der Waals surface area contributed by atoms with Crippen LogP contribution in [0, 0.1) is 0 Å². The Bertz CT molecular complexity index is 1060. The zero-order valence-electron chi connectivity index (χ0n) is 18.0. The van der Waals surface area contributed by atoms with Crippen LogP contribution in [0.15, 0.2) is 47.4 Å². The van der Waals surface area contributed by atoms with Crippen LogP contribution < -0.4 is 15.0 Å². The molecule has 2 aromatic carbocycles. The Hall–Kier alpha value is -2.58. The van der Waals surface area contributed by atoms with Gasteiger partial charge in [0.15, 0.2) is 0 Å². The number of para-hydroxylation sites is 1.